The van der Waals surface area contributed by atoms with E-state index in [-0.39, 0.29) is 6.07 Å². The number of halogens is 4. The summed E-state index contributed by atoms with van der Waals surface area (Å²) in [6.45, 7) is 0. The lowest BCUT2D eigenvalue weighted by molar-refractivity contribution is -0.137. The normalized spacial score (nSPS) is 12.9. The third-order valence-corrected chi connectivity index (χ3v) is 2.87. The van der Waals surface area contributed by atoms with Gasteiger partial charge in [0, 0.05) is 0 Å². The monoisotopic (exact) mass is 260 g/mol. The van der Waals surface area contributed by atoms with E-state index >= 15 is 0 Å². The van der Waals surface area contributed by atoms with Crippen molar-refractivity contribution in [2.24, 2.45) is 0 Å². The highest BCUT2D eigenvalue weighted by molar-refractivity contribution is 7.86. The Hall–Kier alpha value is -0.790. The molecule has 0 aliphatic carbocycles. The van der Waals surface area contributed by atoms with Crippen molar-refractivity contribution in [1.29, 1.82) is 0 Å². The van der Waals surface area contributed by atoms with Crippen LogP contribution < -0.4 is 0 Å². The lowest BCUT2D eigenvalue weighted by Crippen LogP contribution is -2.07. The fourth-order valence-electron chi connectivity index (χ4n) is 0.877. The molecule has 0 radical (unpaired) electrons. The number of rotatable bonds is 1. The Morgan fingerprint density at radius 3 is 2.20 bits per heavy atom. The van der Waals surface area contributed by atoms with E-state index in [1.54, 1.807) is 0 Å². The molecule has 0 spiro atoms. The third kappa shape index (κ3) is 2.83. The van der Waals surface area contributed by atoms with Crippen LogP contribution in [0, 0.1) is 0 Å². The average Bonchev–Trinajstić information content (AvgIpc) is 2.00. The first kappa shape index (κ1) is 12.3. The van der Waals surface area contributed by atoms with Crippen molar-refractivity contribution in [3.63, 3.8) is 0 Å². The van der Waals surface area contributed by atoms with E-state index in [9.17, 15) is 21.6 Å². The standard InChI is InChI=1S/C7H4ClF3O3S/c8-5-2-1-4(7(9,10)11)3-6(5)15(12,13)14/h1-3H,(H,12,13,14). The number of hydrogen-bond donors (Lipinski definition) is 1. The maximum Gasteiger partial charge on any atom is 0.416 e. The van der Waals surface area contributed by atoms with Crippen LogP contribution in [0.5, 0.6) is 0 Å². The van der Waals surface area contributed by atoms with Gasteiger partial charge in [0.25, 0.3) is 10.1 Å². The zero-order valence-corrected chi connectivity index (χ0v) is 8.49. The second-order valence-corrected chi connectivity index (χ2v) is 4.42. The highest BCUT2D eigenvalue weighted by atomic mass is 35.5. The first-order valence-electron chi connectivity index (χ1n) is 3.46. The summed E-state index contributed by atoms with van der Waals surface area (Å²) in [5.74, 6) is 0. The van der Waals surface area contributed by atoms with Gasteiger partial charge in [-0.3, -0.25) is 4.55 Å². The minimum Gasteiger partial charge on any atom is -0.282 e. The van der Waals surface area contributed by atoms with Crippen LogP contribution in [0.2, 0.25) is 5.02 Å². The van der Waals surface area contributed by atoms with Crippen molar-refractivity contribution in [2.75, 3.05) is 0 Å². The van der Waals surface area contributed by atoms with Crippen molar-refractivity contribution in [2.45, 2.75) is 11.1 Å². The molecule has 0 aliphatic rings. The van der Waals surface area contributed by atoms with Gasteiger partial charge >= 0.3 is 6.18 Å². The van der Waals surface area contributed by atoms with E-state index in [0.29, 0.717) is 6.07 Å². The molecule has 0 aromatic heterocycles. The van der Waals surface area contributed by atoms with E-state index in [1.165, 1.54) is 0 Å². The Morgan fingerprint density at radius 1 is 1.27 bits per heavy atom. The van der Waals surface area contributed by atoms with Gasteiger partial charge in [0.15, 0.2) is 0 Å². The molecule has 84 valence electrons. The zero-order valence-electron chi connectivity index (χ0n) is 6.92. The van der Waals surface area contributed by atoms with E-state index in [4.69, 9.17) is 16.2 Å². The molecule has 3 nitrogen and oxygen atoms in total. The van der Waals surface area contributed by atoms with Gasteiger partial charge in [-0.15, -0.1) is 0 Å². The maximum atomic E-state index is 12.2. The lowest BCUT2D eigenvalue weighted by atomic mass is 10.2. The maximum absolute atomic E-state index is 12.2. The molecule has 8 heteroatoms. The number of hydrogen-bond acceptors (Lipinski definition) is 2. The zero-order chi connectivity index (χ0) is 11.9. The molecule has 15 heavy (non-hydrogen) atoms. The van der Waals surface area contributed by atoms with Gasteiger partial charge in [-0.05, 0) is 18.2 Å². The largest absolute Gasteiger partial charge is 0.416 e. The van der Waals surface area contributed by atoms with Crippen LogP contribution in [0.15, 0.2) is 23.1 Å². The minimum atomic E-state index is -4.75. The lowest BCUT2D eigenvalue weighted by Gasteiger charge is -2.08. The van der Waals surface area contributed by atoms with Gasteiger partial charge in [0.2, 0.25) is 0 Å². The average molecular weight is 261 g/mol. The minimum absolute atomic E-state index is 0.275. The van der Waals surface area contributed by atoms with E-state index in [2.05, 4.69) is 0 Å². The SMILES string of the molecule is O=S(=O)(O)c1cc(C(F)(F)F)ccc1Cl. The van der Waals surface area contributed by atoms with Crippen LogP contribution >= 0.6 is 11.6 Å². The van der Waals surface area contributed by atoms with Gasteiger partial charge in [-0.2, -0.15) is 21.6 Å². The topological polar surface area (TPSA) is 54.4 Å². The summed E-state index contributed by atoms with van der Waals surface area (Å²) >= 11 is 5.32. The predicted molar refractivity (Wildman–Crippen MR) is 46.3 cm³/mol. The summed E-state index contributed by atoms with van der Waals surface area (Å²) in [7, 11) is -4.75. The van der Waals surface area contributed by atoms with Crippen LogP contribution in [-0.2, 0) is 16.3 Å². The summed E-state index contributed by atoms with van der Waals surface area (Å²) in [6.07, 6.45) is -4.69. The van der Waals surface area contributed by atoms with Crippen molar-refractivity contribution in [1.82, 2.24) is 0 Å². The molecule has 0 fully saturated rings. The predicted octanol–water partition coefficient (Wildman–Crippen LogP) is 2.61. The fourth-order valence-corrected chi connectivity index (χ4v) is 1.88. The summed E-state index contributed by atoms with van der Waals surface area (Å²) in [5, 5.41) is -0.467. The summed E-state index contributed by atoms with van der Waals surface area (Å²) in [4.78, 5) is -0.959. The van der Waals surface area contributed by atoms with Crippen LogP contribution in [0.3, 0.4) is 0 Å². The van der Waals surface area contributed by atoms with Gasteiger partial charge in [0.1, 0.15) is 4.90 Å². The van der Waals surface area contributed by atoms with Gasteiger partial charge in [-0.1, -0.05) is 11.6 Å². The summed E-state index contributed by atoms with van der Waals surface area (Å²) in [5.41, 5.74) is -1.19. The molecular formula is C7H4ClF3O3S. The molecule has 0 saturated heterocycles. The van der Waals surface area contributed by atoms with E-state index in [0.717, 1.165) is 6.07 Å². The molecule has 0 unspecified atom stereocenters. The van der Waals surface area contributed by atoms with Crippen molar-refractivity contribution in [3.8, 4) is 0 Å². The second-order valence-electron chi connectivity index (χ2n) is 2.62. The highest BCUT2D eigenvalue weighted by Crippen LogP contribution is 2.33. The molecule has 1 aromatic carbocycles. The number of benzene rings is 1. The molecule has 0 bridgehead atoms. The van der Waals surface area contributed by atoms with Gasteiger partial charge in [-0.25, -0.2) is 0 Å². The van der Waals surface area contributed by atoms with Crippen molar-refractivity contribution < 1.29 is 26.1 Å². The van der Waals surface area contributed by atoms with Crippen LogP contribution in [0.25, 0.3) is 0 Å². The molecule has 0 saturated carbocycles. The van der Waals surface area contributed by atoms with Gasteiger partial charge < -0.3 is 0 Å². The third-order valence-electron chi connectivity index (χ3n) is 1.54. The Labute approximate surface area is 88.2 Å². The Bertz CT molecular complexity index is 481. The molecule has 0 heterocycles. The highest BCUT2D eigenvalue weighted by Gasteiger charge is 2.32. The molecule has 0 atom stereocenters. The Kier molecular flexibility index (Phi) is 2.99. The first-order chi connectivity index (χ1) is 6.62. The second kappa shape index (κ2) is 3.66. The van der Waals surface area contributed by atoms with Crippen LogP contribution in [0.4, 0.5) is 13.2 Å². The van der Waals surface area contributed by atoms with Gasteiger partial charge in [0.05, 0.1) is 10.6 Å². The summed E-state index contributed by atoms with van der Waals surface area (Å²) in [6, 6.07) is 1.65. The van der Waals surface area contributed by atoms with Crippen LogP contribution in [-0.4, -0.2) is 13.0 Å². The molecular weight excluding hydrogens is 257 g/mol. The van der Waals surface area contributed by atoms with E-state index in [1.807, 2.05) is 0 Å². The molecule has 1 aromatic rings. The van der Waals surface area contributed by atoms with Crippen molar-refractivity contribution in [3.05, 3.63) is 28.8 Å². The fraction of sp³-hybridized carbons (Fsp3) is 0.143. The molecule has 0 amide bonds. The molecule has 1 N–H and O–H groups in total. The van der Waals surface area contributed by atoms with E-state index < -0.39 is 31.8 Å². The first-order valence-corrected chi connectivity index (χ1v) is 5.28. The summed E-state index contributed by atoms with van der Waals surface area (Å²) < 4.78 is 66.4. The van der Waals surface area contributed by atoms with Crippen LogP contribution in [0.1, 0.15) is 5.56 Å². The smallest absolute Gasteiger partial charge is 0.282 e. The number of alkyl halides is 3. The molecule has 0 aliphatic heterocycles. The Morgan fingerprint density at radius 2 is 1.80 bits per heavy atom. The quantitative estimate of drug-likeness (QED) is 0.790. The molecule has 1 rings (SSSR count). The Balaban J connectivity index is 3.43. The van der Waals surface area contributed by atoms with Crippen molar-refractivity contribution >= 4 is 21.7 Å².